The zero-order valence-electron chi connectivity index (χ0n) is 13.8. The van der Waals surface area contributed by atoms with E-state index in [1.807, 2.05) is 6.07 Å². The largest absolute Gasteiger partial charge is 0.468 e. The topological polar surface area (TPSA) is 29.3 Å². The van der Waals surface area contributed by atoms with Crippen molar-refractivity contribution in [3.05, 3.63) is 35.9 Å². The number of methoxy groups -OCH3 is 1. The van der Waals surface area contributed by atoms with Crippen LogP contribution in [0.1, 0.15) is 33.3 Å². The van der Waals surface area contributed by atoms with Crippen LogP contribution in [0.15, 0.2) is 30.3 Å². The van der Waals surface area contributed by atoms with Gasteiger partial charge in [0, 0.05) is 6.54 Å². The lowest BCUT2D eigenvalue weighted by atomic mass is 9.81. The zero-order valence-corrected chi connectivity index (χ0v) is 13.8. The Morgan fingerprint density at radius 2 is 1.76 bits per heavy atom. The molecule has 1 saturated heterocycles. The van der Waals surface area contributed by atoms with Crippen LogP contribution in [0.3, 0.4) is 0 Å². The first-order valence-corrected chi connectivity index (χ1v) is 7.84. The van der Waals surface area contributed by atoms with Crippen LogP contribution in [-0.2, 0) is 16.0 Å². The molecule has 21 heavy (non-hydrogen) atoms. The average molecular weight is 289 g/mol. The molecule has 1 aliphatic heterocycles. The lowest BCUT2D eigenvalue weighted by Crippen LogP contribution is -2.34. The summed E-state index contributed by atoms with van der Waals surface area (Å²) in [5, 5.41) is 0. The van der Waals surface area contributed by atoms with Gasteiger partial charge in [-0.05, 0) is 23.8 Å². The van der Waals surface area contributed by atoms with Crippen molar-refractivity contribution in [3.63, 3.8) is 0 Å². The molecule has 0 saturated carbocycles. The highest BCUT2D eigenvalue weighted by Gasteiger charge is 2.69. The maximum absolute atomic E-state index is 12.2. The van der Waals surface area contributed by atoms with E-state index in [9.17, 15) is 4.79 Å². The third-order valence-electron chi connectivity index (χ3n) is 4.94. The molecule has 3 heteroatoms. The van der Waals surface area contributed by atoms with E-state index in [0.29, 0.717) is 11.8 Å². The summed E-state index contributed by atoms with van der Waals surface area (Å²) in [6.45, 7) is 9.73. The van der Waals surface area contributed by atoms with E-state index < -0.39 is 0 Å². The van der Waals surface area contributed by atoms with Gasteiger partial charge in [-0.2, -0.15) is 0 Å². The predicted molar refractivity (Wildman–Crippen MR) is 85.1 cm³/mol. The fourth-order valence-electron chi connectivity index (χ4n) is 3.98. The van der Waals surface area contributed by atoms with Crippen molar-refractivity contribution in [3.8, 4) is 0 Å². The first-order chi connectivity index (χ1) is 9.96. The maximum Gasteiger partial charge on any atom is 0.325 e. The number of hydrogen-bond acceptors (Lipinski definition) is 3. The van der Waals surface area contributed by atoms with Crippen molar-refractivity contribution >= 4 is 5.97 Å². The van der Waals surface area contributed by atoms with Gasteiger partial charge in [0.25, 0.3) is 0 Å². The van der Waals surface area contributed by atoms with Crippen molar-refractivity contribution in [1.82, 2.24) is 4.90 Å². The molecule has 1 aliphatic rings. The minimum Gasteiger partial charge on any atom is -0.468 e. The Morgan fingerprint density at radius 3 is 2.24 bits per heavy atom. The van der Waals surface area contributed by atoms with Gasteiger partial charge >= 0.3 is 5.97 Å². The molecule has 2 rings (SSSR count). The lowest BCUT2D eigenvalue weighted by Gasteiger charge is -2.26. The second-order valence-electron chi connectivity index (χ2n) is 6.55. The molecule has 0 radical (unpaired) electrons. The SMILES string of the molecule is COC(=O)C1N(CCc2ccccc2)C1(C(C)C)C(C)C. The number of ether oxygens (including phenoxy) is 1. The molecular weight excluding hydrogens is 262 g/mol. The van der Waals surface area contributed by atoms with Gasteiger partial charge in [0.2, 0.25) is 0 Å². The summed E-state index contributed by atoms with van der Waals surface area (Å²) in [6.07, 6.45) is 0.968. The number of esters is 1. The molecule has 3 nitrogen and oxygen atoms in total. The van der Waals surface area contributed by atoms with Crippen molar-refractivity contribution < 1.29 is 9.53 Å². The summed E-state index contributed by atoms with van der Waals surface area (Å²) in [7, 11) is 1.49. The van der Waals surface area contributed by atoms with Crippen LogP contribution < -0.4 is 0 Å². The number of benzene rings is 1. The monoisotopic (exact) mass is 289 g/mol. The maximum atomic E-state index is 12.2. The van der Waals surface area contributed by atoms with Gasteiger partial charge in [0.15, 0.2) is 0 Å². The molecular formula is C18H27NO2. The molecule has 0 bridgehead atoms. The van der Waals surface area contributed by atoms with E-state index >= 15 is 0 Å². The second kappa shape index (κ2) is 6.18. The highest BCUT2D eigenvalue weighted by atomic mass is 16.5. The van der Waals surface area contributed by atoms with Crippen LogP contribution in [0, 0.1) is 11.8 Å². The number of nitrogens with zero attached hydrogens (tertiary/aromatic N) is 1. The van der Waals surface area contributed by atoms with Crippen molar-refractivity contribution in [2.45, 2.75) is 45.7 Å². The predicted octanol–water partition coefficient (Wildman–Crippen LogP) is 3.14. The van der Waals surface area contributed by atoms with Gasteiger partial charge in [-0.1, -0.05) is 58.0 Å². The van der Waals surface area contributed by atoms with E-state index in [1.54, 1.807) is 0 Å². The molecule has 2 atom stereocenters. The smallest absolute Gasteiger partial charge is 0.325 e. The Bertz CT molecular complexity index is 473. The van der Waals surface area contributed by atoms with E-state index in [0.717, 1.165) is 13.0 Å². The minimum atomic E-state index is -0.0922. The molecule has 1 heterocycles. The first-order valence-electron chi connectivity index (χ1n) is 7.84. The van der Waals surface area contributed by atoms with E-state index in [4.69, 9.17) is 4.74 Å². The second-order valence-corrected chi connectivity index (χ2v) is 6.55. The van der Waals surface area contributed by atoms with Gasteiger partial charge in [0.1, 0.15) is 6.04 Å². The molecule has 116 valence electrons. The van der Waals surface area contributed by atoms with Gasteiger partial charge in [-0.3, -0.25) is 9.69 Å². The Kier molecular flexibility index (Phi) is 4.72. The minimum absolute atomic E-state index is 0.0537. The van der Waals surface area contributed by atoms with Gasteiger partial charge in [-0.25, -0.2) is 0 Å². The molecule has 1 aromatic carbocycles. The summed E-state index contributed by atoms with van der Waals surface area (Å²) >= 11 is 0. The molecule has 0 spiro atoms. The fourth-order valence-corrected chi connectivity index (χ4v) is 3.98. The number of carbonyl (C=O) groups is 1. The number of carbonyl (C=O) groups excluding carboxylic acids is 1. The normalized spacial score (nSPS) is 23.4. The summed E-state index contributed by atoms with van der Waals surface area (Å²) in [5.74, 6) is 0.764. The standard InChI is InChI=1S/C18H27NO2/c1-13(2)18(14(3)4)16(17(20)21-5)19(18)12-11-15-9-7-6-8-10-15/h6-10,13-14,16H,11-12H2,1-5H3. The van der Waals surface area contributed by atoms with Crippen molar-refractivity contribution in [2.75, 3.05) is 13.7 Å². The third-order valence-corrected chi connectivity index (χ3v) is 4.94. The molecule has 0 amide bonds. The summed E-state index contributed by atoms with van der Waals surface area (Å²) < 4.78 is 5.03. The van der Waals surface area contributed by atoms with Gasteiger partial charge < -0.3 is 4.74 Å². The highest BCUT2D eigenvalue weighted by molar-refractivity contribution is 5.82. The summed E-state index contributed by atoms with van der Waals surface area (Å²) in [4.78, 5) is 14.5. The van der Waals surface area contributed by atoms with E-state index in [-0.39, 0.29) is 17.6 Å². The number of rotatable bonds is 6. The molecule has 0 N–H and O–H groups in total. The van der Waals surface area contributed by atoms with Crippen molar-refractivity contribution in [2.24, 2.45) is 11.8 Å². The van der Waals surface area contributed by atoms with Crippen LogP contribution in [0.25, 0.3) is 0 Å². The molecule has 2 unspecified atom stereocenters. The molecule has 0 aliphatic carbocycles. The summed E-state index contributed by atoms with van der Waals surface area (Å²) in [6, 6.07) is 10.4. The quantitative estimate of drug-likeness (QED) is 0.595. The lowest BCUT2D eigenvalue weighted by molar-refractivity contribution is -0.141. The Hall–Kier alpha value is -1.35. The van der Waals surface area contributed by atoms with Crippen molar-refractivity contribution in [1.29, 1.82) is 0 Å². The molecule has 1 aromatic rings. The third kappa shape index (κ3) is 2.71. The van der Waals surface area contributed by atoms with Crippen LogP contribution in [0.2, 0.25) is 0 Å². The molecule has 0 aromatic heterocycles. The van der Waals surface area contributed by atoms with Gasteiger partial charge in [0.05, 0.1) is 12.6 Å². The van der Waals surface area contributed by atoms with Crippen LogP contribution in [0.4, 0.5) is 0 Å². The number of hydrogen-bond donors (Lipinski definition) is 0. The van der Waals surface area contributed by atoms with Crippen LogP contribution in [0.5, 0.6) is 0 Å². The van der Waals surface area contributed by atoms with Crippen LogP contribution in [-0.4, -0.2) is 36.1 Å². The van der Waals surface area contributed by atoms with Gasteiger partial charge in [-0.15, -0.1) is 0 Å². The first kappa shape index (κ1) is 16.0. The fraction of sp³-hybridized carbons (Fsp3) is 0.611. The Balaban J connectivity index is 2.14. The van der Waals surface area contributed by atoms with Crippen LogP contribution >= 0.6 is 0 Å². The highest BCUT2D eigenvalue weighted by Crippen LogP contribution is 2.52. The molecule has 1 fully saturated rings. The average Bonchev–Trinajstić information content (AvgIpc) is 3.15. The Labute approximate surface area is 128 Å². The summed E-state index contributed by atoms with van der Waals surface area (Å²) in [5.41, 5.74) is 1.26. The van der Waals surface area contributed by atoms with E-state index in [1.165, 1.54) is 12.7 Å². The zero-order chi connectivity index (χ0) is 15.6. The van der Waals surface area contributed by atoms with E-state index in [2.05, 4.69) is 56.9 Å². The Morgan fingerprint density at radius 1 is 1.19 bits per heavy atom.